The Kier molecular flexibility index (Phi) is 1.78. The van der Waals surface area contributed by atoms with Crippen molar-refractivity contribution < 1.29 is 0 Å². The predicted octanol–water partition coefficient (Wildman–Crippen LogP) is 4.03. The Labute approximate surface area is 78.1 Å². The monoisotopic (exact) mass is 316 g/mol. The van der Waals surface area contributed by atoms with Crippen LogP contribution in [0.5, 0.6) is 0 Å². The van der Waals surface area contributed by atoms with Gasteiger partial charge in [-0.25, -0.2) is 0 Å². The summed E-state index contributed by atoms with van der Waals surface area (Å²) < 4.78 is 0. The topological polar surface area (TPSA) is 0 Å². The molecule has 0 aromatic rings. The molecule has 0 radical (unpaired) electrons. The van der Waals surface area contributed by atoms with E-state index in [-0.39, 0.29) is 19.8 Å². The molecule has 0 nitrogen and oxygen atoms in total. The van der Waals surface area contributed by atoms with Gasteiger partial charge in [-0.2, -0.15) is 0 Å². The van der Waals surface area contributed by atoms with E-state index in [1.54, 1.807) is 0 Å². The Morgan fingerprint density at radius 2 is 1.90 bits per heavy atom. The maximum absolute atomic E-state index is 5.37. The molecule has 0 saturated carbocycles. The predicted molar refractivity (Wildman–Crippen MR) is 72.8 cm³/mol. The van der Waals surface area contributed by atoms with Gasteiger partial charge >= 0.3 is 78.9 Å². The molecular formula is HP5S5. The van der Waals surface area contributed by atoms with Gasteiger partial charge in [0.1, 0.15) is 0 Å². The molecule has 3 heterocycles. The number of hydrogen-bond donors (Lipinski definition) is 0. The van der Waals surface area contributed by atoms with Crippen LogP contribution in [-0.2, 0) is 47.3 Å². The molecule has 3 aliphatic rings. The van der Waals surface area contributed by atoms with Crippen molar-refractivity contribution in [2.24, 2.45) is 0 Å². The van der Waals surface area contributed by atoms with E-state index in [2.05, 4.69) is 0 Å². The van der Waals surface area contributed by atoms with Crippen molar-refractivity contribution in [2.75, 3.05) is 0 Å². The molecule has 3 rings (SSSR count). The fraction of sp³-hybridized carbons (Fsp3) is 0. The van der Waals surface area contributed by atoms with Crippen molar-refractivity contribution in [3.05, 3.63) is 0 Å². The molecule has 0 bridgehead atoms. The molecule has 3 aliphatic heterocycles. The first-order valence-corrected chi connectivity index (χ1v) is 21.1. The second-order valence-corrected chi connectivity index (χ2v) is 53.3. The first kappa shape index (κ1) is 8.07. The van der Waals surface area contributed by atoms with Crippen LogP contribution >= 0.6 is 31.6 Å². The van der Waals surface area contributed by atoms with Crippen LogP contribution in [0.2, 0.25) is 0 Å². The van der Waals surface area contributed by atoms with E-state index < -0.39 is 0 Å². The van der Waals surface area contributed by atoms with Crippen LogP contribution in [0, 0.1) is 0 Å². The summed E-state index contributed by atoms with van der Waals surface area (Å²) in [6.07, 6.45) is 1.49. The minimum absolute atomic E-state index is 0.165. The first-order chi connectivity index (χ1) is 4.69. The standard InChI is InChI=1S/HP5S5/c6-9(10(7)8)4-3-2-1-5(2,3)4/h5H. The van der Waals surface area contributed by atoms with Crippen LogP contribution in [0.1, 0.15) is 0 Å². The Morgan fingerprint density at radius 3 is 2.20 bits per heavy atom. The second-order valence-electron chi connectivity index (χ2n) is 1.97. The third-order valence-electron chi connectivity index (χ3n) is 1.51. The molecule has 0 N–H and O–H groups in total. The molecule has 1 spiro atoms. The summed E-state index contributed by atoms with van der Waals surface area (Å²) in [4.78, 5) is 0. The van der Waals surface area contributed by atoms with Crippen LogP contribution in [-0.4, -0.2) is 0 Å². The van der Waals surface area contributed by atoms with E-state index >= 15 is 0 Å². The van der Waals surface area contributed by atoms with Crippen molar-refractivity contribution in [3.8, 4) is 0 Å². The molecule has 3 unspecified atom stereocenters. The Hall–Kier alpha value is 2.73. The van der Waals surface area contributed by atoms with Crippen molar-refractivity contribution in [1.82, 2.24) is 0 Å². The summed E-state index contributed by atoms with van der Waals surface area (Å²) in [5, 5.41) is 0. The summed E-state index contributed by atoms with van der Waals surface area (Å²) in [7, 11) is 2.10. The minimum atomic E-state index is -0.335. The van der Waals surface area contributed by atoms with Gasteiger partial charge in [0.05, 0.1) is 0 Å². The molecule has 0 fully saturated rings. The summed E-state index contributed by atoms with van der Waals surface area (Å²) in [6.45, 7) is -0.223. The Balaban J connectivity index is 2.95. The summed E-state index contributed by atoms with van der Waals surface area (Å²) in [6, 6.07) is -0.335. The van der Waals surface area contributed by atoms with Crippen molar-refractivity contribution >= 4 is 78.9 Å². The number of rotatable bonds is 0. The van der Waals surface area contributed by atoms with Crippen molar-refractivity contribution in [1.29, 1.82) is 0 Å². The van der Waals surface area contributed by atoms with Gasteiger partial charge in [-0.1, -0.05) is 0 Å². The molecule has 10 heavy (non-hydrogen) atoms. The second kappa shape index (κ2) is 2.21. The van der Waals surface area contributed by atoms with Crippen LogP contribution in [0.25, 0.3) is 0 Å². The number of hydrogen-bond acceptors (Lipinski definition) is 3. The van der Waals surface area contributed by atoms with Gasteiger partial charge in [0.25, 0.3) is 0 Å². The molecule has 56 valence electrons. The molecule has 0 aromatic heterocycles. The average molecular weight is 316 g/mol. The quantitative estimate of drug-likeness (QED) is 0.620. The van der Waals surface area contributed by atoms with E-state index in [0.717, 1.165) is 6.18 Å². The fourth-order valence-corrected chi connectivity index (χ4v) is 201. The molecule has 0 aliphatic carbocycles. The zero-order chi connectivity index (χ0) is 7.09. The van der Waals surface area contributed by atoms with Gasteiger partial charge in [-0.05, 0) is 0 Å². The molecule has 0 amide bonds. The molecule has 10 heteroatoms. The van der Waals surface area contributed by atoms with Gasteiger partial charge in [0.15, 0.2) is 0 Å². The average Bonchev–Trinajstić information content (AvgIpc) is 2.67. The van der Waals surface area contributed by atoms with Gasteiger partial charge in [0.2, 0.25) is 0 Å². The van der Waals surface area contributed by atoms with Crippen molar-refractivity contribution in [3.63, 3.8) is 0 Å². The summed E-state index contributed by atoms with van der Waals surface area (Å²) in [5.74, 6) is 0. The van der Waals surface area contributed by atoms with Gasteiger partial charge < -0.3 is 0 Å². The zero-order valence-corrected chi connectivity index (χ0v) is 13.0. The van der Waals surface area contributed by atoms with Crippen LogP contribution < -0.4 is 0 Å². The van der Waals surface area contributed by atoms with Gasteiger partial charge in [-0.3, -0.25) is 0 Å². The molecular weight excluding hydrogens is 315 g/mol. The molecule has 0 aromatic carbocycles. The fourth-order valence-electron chi connectivity index (χ4n) is 0.887. The zero-order valence-electron chi connectivity index (χ0n) is 4.33. The summed E-state index contributed by atoms with van der Waals surface area (Å²) >= 11 is 15.5. The SMILES string of the molecule is S=S(=S)=S(=S)=P1=P2=P3=P[PH]321. The normalized spacial score (nSPS) is 41.8. The van der Waals surface area contributed by atoms with E-state index in [0.29, 0.717) is 11.9 Å². The van der Waals surface area contributed by atoms with Gasteiger partial charge in [0, 0.05) is 0 Å². The molecule has 3 atom stereocenters. The third kappa shape index (κ3) is 0.796. The van der Waals surface area contributed by atoms with Crippen LogP contribution in [0.4, 0.5) is 0 Å². The molecule has 0 saturated heterocycles. The van der Waals surface area contributed by atoms with E-state index in [1.807, 2.05) is 7.56 Å². The van der Waals surface area contributed by atoms with Crippen molar-refractivity contribution in [2.45, 2.75) is 0 Å². The van der Waals surface area contributed by atoms with Crippen LogP contribution in [0.3, 0.4) is 0 Å². The van der Waals surface area contributed by atoms with Crippen LogP contribution in [0.15, 0.2) is 0 Å². The summed E-state index contributed by atoms with van der Waals surface area (Å²) in [5.41, 5.74) is 0.444. The Bertz CT molecular complexity index is 682. The van der Waals surface area contributed by atoms with E-state index in [1.165, 1.54) is 0 Å². The van der Waals surface area contributed by atoms with Gasteiger partial charge in [-0.15, -0.1) is 0 Å². The first-order valence-electron chi connectivity index (χ1n) is 2.34. The Morgan fingerprint density at radius 1 is 1.30 bits per heavy atom. The third-order valence-corrected chi connectivity index (χ3v) is 106. The maximum atomic E-state index is 5.37. The van der Waals surface area contributed by atoms with E-state index in [4.69, 9.17) is 33.6 Å². The van der Waals surface area contributed by atoms with E-state index in [9.17, 15) is 0 Å².